The first kappa shape index (κ1) is 17.0. The van der Waals surface area contributed by atoms with Crippen LogP contribution in [0.25, 0.3) is 33.5 Å². The van der Waals surface area contributed by atoms with Crippen LogP contribution in [-0.2, 0) is 6.54 Å². The highest BCUT2D eigenvalue weighted by Crippen LogP contribution is 2.36. The monoisotopic (exact) mass is 351 g/mol. The second kappa shape index (κ2) is 7.42. The van der Waals surface area contributed by atoms with Crippen molar-refractivity contribution >= 4 is 0 Å². The molecular formula is C24H19N2O. The lowest BCUT2D eigenvalue weighted by atomic mass is 9.92. The summed E-state index contributed by atoms with van der Waals surface area (Å²) in [5, 5.41) is 4.67. The molecule has 0 aliphatic heterocycles. The second-order valence-electron chi connectivity index (χ2n) is 6.22. The summed E-state index contributed by atoms with van der Waals surface area (Å²) in [6.07, 6.45) is 0. The Balaban J connectivity index is 2.15. The molecule has 0 fully saturated rings. The molecule has 3 aromatic carbocycles. The van der Waals surface area contributed by atoms with E-state index in [1.165, 1.54) is 4.68 Å². The molecule has 131 valence electrons. The van der Waals surface area contributed by atoms with E-state index >= 15 is 0 Å². The molecule has 0 saturated carbocycles. The van der Waals surface area contributed by atoms with Crippen molar-refractivity contribution in [3.63, 3.8) is 0 Å². The Morgan fingerprint density at radius 2 is 1.11 bits per heavy atom. The molecule has 1 heterocycles. The molecule has 27 heavy (non-hydrogen) atoms. The van der Waals surface area contributed by atoms with Crippen LogP contribution in [0.3, 0.4) is 0 Å². The quantitative estimate of drug-likeness (QED) is 0.514. The fourth-order valence-electron chi connectivity index (χ4n) is 3.28. The Morgan fingerprint density at radius 3 is 1.59 bits per heavy atom. The Bertz CT molecular complexity index is 1100. The molecule has 0 bridgehead atoms. The van der Waals surface area contributed by atoms with Crippen molar-refractivity contribution in [2.45, 2.75) is 6.54 Å². The lowest BCUT2D eigenvalue weighted by Gasteiger charge is -2.17. The van der Waals surface area contributed by atoms with Gasteiger partial charge < -0.3 is 0 Å². The molecular weight excluding hydrogens is 332 g/mol. The summed E-state index contributed by atoms with van der Waals surface area (Å²) < 4.78 is 1.44. The number of nitrogens with zero attached hydrogens (tertiary/aromatic N) is 2. The molecule has 3 heteroatoms. The molecule has 0 saturated heterocycles. The minimum atomic E-state index is -0.130. The average molecular weight is 351 g/mol. The van der Waals surface area contributed by atoms with Crippen molar-refractivity contribution < 1.29 is 0 Å². The standard InChI is InChI=1S/C24H19N2O/c1-2-26-24(27)22(19-14-8-4-9-15-19)21(18-12-6-3-7-13-18)23(25-26)20-16-10-5-11-17-20/h3-17H,1-2H2. The largest absolute Gasteiger partial charge is 0.275 e. The summed E-state index contributed by atoms with van der Waals surface area (Å²) in [5.41, 5.74) is 4.97. The molecule has 4 aromatic rings. The zero-order chi connectivity index (χ0) is 18.6. The van der Waals surface area contributed by atoms with Crippen molar-refractivity contribution in [2.75, 3.05) is 0 Å². The van der Waals surface area contributed by atoms with E-state index in [4.69, 9.17) is 0 Å². The summed E-state index contributed by atoms with van der Waals surface area (Å²) in [7, 11) is 0. The van der Waals surface area contributed by atoms with E-state index in [2.05, 4.69) is 12.0 Å². The normalized spacial score (nSPS) is 10.7. The van der Waals surface area contributed by atoms with Crippen LogP contribution < -0.4 is 5.56 Å². The van der Waals surface area contributed by atoms with E-state index in [0.717, 1.165) is 27.9 Å². The summed E-state index contributed by atoms with van der Waals surface area (Å²) in [5.74, 6) is 0. The van der Waals surface area contributed by atoms with Crippen molar-refractivity contribution in [3.05, 3.63) is 108 Å². The summed E-state index contributed by atoms with van der Waals surface area (Å²) in [6, 6.07) is 29.7. The number of benzene rings is 3. The molecule has 4 rings (SSSR count). The Kier molecular flexibility index (Phi) is 4.67. The predicted octanol–water partition coefficient (Wildman–Crippen LogP) is 5.08. The van der Waals surface area contributed by atoms with Gasteiger partial charge in [-0.2, -0.15) is 5.10 Å². The van der Waals surface area contributed by atoms with E-state index in [1.54, 1.807) is 0 Å². The van der Waals surface area contributed by atoms with Crippen LogP contribution in [0.1, 0.15) is 0 Å². The molecule has 0 atom stereocenters. The van der Waals surface area contributed by atoms with Gasteiger partial charge in [-0.15, -0.1) is 0 Å². The fourth-order valence-corrected chi connectivity index (χ4v) is 3.28. The van der Waals surface area contributed by atoms with Crippen LogP contribution in [0.2, 0.25) is 0 Å². The van der Waals surface area contributed by atoms with E-state index in [-0.39, 0.29) is 12.1 Å². The minimum absolute atomic E-state index is 0.130. The van der Waals surface area contributed by atoms with Gasteiger partial charge in [0.15, 0.2) is 0 Å². The maximum atomic E-state index is 13.2. The van der Waals surface area contributed by atoms with E-state index in [9.17, 15) is 4.79 Å². The van der Waals surface area contributed by atoms with Gasteiger partial charge in [0.1, 0.15) is 0 Å². The second-order valence-corrected chi connectivity index (χ2v) is 6.22. The van der Waals surface area contributed by atoms with Crippen LogP contribution in [-0.4, -0.2) is 9.78 Å². The van der Waals surface area contributed by atoms with Gasteiger partial charge in [0.05, 0.1) is 11.3 Å². The van der Waals surface area contributed by atoms with E-state index < -0.39 is 0 Å². The molecule has 1 radical (unpaired) electrons. The number of rotatable bonds is 4. The third-order valence-electron chi connectivity index (χ3n) is 4.54. The van der Waals surface area contributed by atoms with E-state index in [0.29, 0.717) is 5.56 Å². The number of aromatic nitrogens is 2. The Hall–Kier alpha value is -3.46. The zero-order valence-electron chi connectivity index (χ0n) is 14.9. The summed E-state index contributed by atoms with van der Waals surface area (Å²) >= 11 is 0. The first-order valence-electron chi connectivity index (χ1n) is 8.90. The van der Waals surface area contributed by atoms with E-state index in [1.807, 2.05) is 91.0 Å². The molecule has 3 nitrogen and oxygen atoms in total. The van der Waals surface area contributed by atoms with Crippen LogP contribution in [0.4, 0.5) is 0 Å². The Labute approximate surface area is 158 Å². The first-order valence-corrected chi connectivity index (χ1v) is 8.90. The molecule has 0 N–H and O–H groups in total. The smallest absolute Gasteiger partial charge is 0.267 e. The van der Waals surface area contributed by atoms with Gasteiger partial charge in [0.2, 0.25) is 0 Å². The minimum Gasteiger partial charge on any atom is -0.267 e. The van der Waals surface area contributed by atoms with Gasteiger partial charge in [0.25, 0.3) is 5.56 Å². The third kappa shape index (κ3) is 3.20. The highest BCUT2D eigenvalue weighted by atomic mass is 16.1. The molecule has 0 amide bonds. The average Bonchev–Trinajstić information content (AvgIpc) is 2.75. The van der Waals surface area contributed by atoms with Crippen LogP contribution in [0, 0.1) is 6.92 Å². The van der Waals surface area contributed by atoms with Gasteiger partial charge in [-0.25, -0.2) is 4.68 Å². The summed E-state index contributed by atoms with van der Waals surface area (Å²) in [6.45, 7) is 4.16. The number of hydrogen-bond donors (Lipinski definition) is 0. The van der Waals surface area contributed by atoms with Gasteiger partial charge in [-0.1, -0.05) is 91.0 Å². The van der Waals surface area contributed by atoms with Crippen molar-refractivity contribution in [3.8, 4) is 33.5 Å². The maximum Gasteiger partial charge on any atom is 0.275 e. The van der Waals surface area contributed by atoms with Gasteiger partial charge in [-0.05, 0) is 18.1 Å². The molecule has 0 aliphatic rings. The van der Waals surface area contributed by atoms with Crippen LogP contribution >= 0.6 is 0 Å². The molecule has 0 unspecified atom stereocenters. The SMILES string of the molecule is [CH2]Cn1nc(-c2ccccc2)c(-c2ccccc2)c(-c2ccccc2)c1=O. The van der Waals surface area contributed by atoms with Crippen LogP contribution in [0.5, 0.6) is 0 Å². The van der Waals surface area contributed by atoms with Crippen molar-refractivity contribution in [1.29, 1.82) is 0 Å². The molecule has 1 aromatic heterocycles. The lowest BCUT2D eigenvalue weighted by molar-refractivity contribution is 0.656. The number of hydrogen-bond acceptors (Lipinski definition) is 2. The van der Waals surface area contributed by atoms with Crippen LogP contribution in [0.15, 0.2) is 95.8 Å². The van der Waals surface area contributed by atoms with Crippen molar-refractivity contribution in [1.82, 2.24) is 9.78 Å². The maximum absolute atomic E-state index is 13.2. The highest BCUT2D eigenvalue weighted by molar-refractivity contribution is 5.92. The van der Waals surface area contributed by atoms with Gasteiger partial charge in [-0.3, -0.25) is 4.79 Å². The zero-order valence-corrected chi connectivity index (χ0v) is 14.9. The summed E-state index contributed by atoms with van der Waals surface area (Å²) in [4.78, 5) is 13.2. The van der Waals surface area contributed by atoms with Gasteiger partial charge in [0, 0.05) is 17.7 Å². The lowest BCUT2D eigenvalue weighted by Crippen LogP contribution is -2.25. The topological polar surface area (TPSA) is 34.9 Å². The fraction of sp³-hybridized carbons (Fsp3) is 0.0417. The molecule has 0 aliphatic carbocycles. The third-order valence-corrected chi connectivity index (χ3v) is 4.54. The molecule has 0 spiro atoms. The predicted molar refractivity (Wildman–Crippen MR) is 110 cm³/mol. The highest BCUT2D eigenvalue weighted by Gasteiger charge is 2.20. The Morgan fingerprint density at radius 1 is 0.667 bits per heavy atom. The van der Waals surface area contributed by atoms with Crippen molar-refractivity contribution in [2.24, 2.45) is 0 Å². The first-order chi connectivity index (χ1) is 13.3. The van der Waals surface area contributed by atoms with Gasteiger partial charge >= 0.3 is 0 Å².